The fourth-order valence-corrected chi connectivity index (χ4v) is 3.06. The van der Waals surface area contributed by atoms with Crippen LogP contribution in [0.2, 0.25) is 5.02 Å². The lowest BCUT2D eigenvalue weighted by molar-refractivity contribution is 0.102. The molecule has 3 rings (SSSR count). The van der Waals surface area contributed by atoms with Gasteiger partial charge in [0.15, 0.2) is 5.13 Å². The number of carbonyl (C=O) groups is 1. The highest BCUT2D eigenvalue weighted by molar-refractivity contribution is 7.22. The molecule has 0 atom stereocenters. The van der Waals surface area contributed by atoms with E-state index in [0.29, 0.717) is 27.2 Å². The number of benzene rings is 2. The minimum atomic E-state index is -0.227. The number of amides is 1. The van der Waals surface area contributed by atoms with Gasteiger partial charge in [0.2, 0.25) is 0 Å². The van der Waals surface area contributed by atoms with Gasteiger partial charge in [0.05, 0.1) is 22.3 Å². The highest BCUT2D eigenvalue weighted by atomic mass is 35.5. The van der Waals surface area contributed by atoms with E-state index in [4.69, 9.17) is 22.1 Å². The normalized spacial score (nSPS) is 10.6. The summed E-state index contributed by atoms with van der Waals surface area (Å²) in [4.78, 5) is 16.5. The molecular formula is C15H12ClN3O2S. The standard InChI is InChI=1S/C15H12ClN3O2S/c1-21-12-5-3-9(7-10(12)16)18-14(20)8-2-4-11-13(6-8)22-15(17)19-11/h2-7H,1H3,(H2,17,19)(H,18,20). The van der Waals surface area contributed by atoms with Crippen molar-refractivity contribution in [2.45, 2.75) is 0 Å². The number of carbonyl (C=O) groups excluding carboxylic acids is 1. The second-order valence-electron chi connectivity index (χ2n) is 4.54. The van der Waals surface area contributed by atoms with Crippen LogP contribution in [0.3, 0.4) is 0 Å². The lowest BCUT2D eigenvalue weighted by atomic mass is 10.2. The van der Waals surface area contributed by atoms with Crippen LogP contribution < -0.4 is 15.8 Å². The van der Waals surface area contributed by atoms with E-state index in [1.165, 1.54) is 18.4 Å². The van der Waals surface area contributed by atoms with Crippen LogP contribution in [-0.2, 0) is 0 Å². The van der Waals surface area contributed by atoms with Crippen LogP contribution in [0.5, 0.6) is 5.75 Å². The third-order valence-corrected chi connectivity index (χ3v) is 4.22. The smallest absolute Gasteiger partial charge is 0.255 e. The first-order valence-electron chi connectivity index (χ1n) is 6.38. The van der Waals surface area contributed by atoms with Crippen molar-refractivity contribution < 1.29 is 9.53 Å². The zero-order valence-electron chi connectivity index (χ0n) is 11.6. The van der Waals surface area contributed by atoms with Crippen molar-refractivity contribution in [1.82, 2.24) is 4.98 Å². The molecule has 0 fully saturated rings. The Hall–Kier alpha value is -2.31. The highest BCUT2D eigenvalue weighted by Gasteiger charge is 2.10. The van der Waals surface area contributed by atoms with E-state index in [1.807, 2.05) is 0 Å². The number of ether oxygens (including phenoxy) is 1. The van der Waals surface area contributed by atoms with Crippen molar-refractivity contribution >= 4 is 49.9 Å². The predicted octanol–water partition coefficient (Wildman–Crippen LogP) is 3.79. The van der Waals surface area contributed by atoms with Crippen LogP contribution in [0, 0.1) is 0 Å². The predicted molar refractivity (Wildman–Crippen MR) is 90.0 cm³/mol. The Bertz CT molecular complexity index is 863. The van der Waals surface area contributed by atoms with Crippen LogP contribution >= 0.6 is 22.9 Å². The number of hydrogen-bond donors (Lipinski definition) is 2. The summed E-state index contributed by atoms with van der Waals surface area (Å²) in [5.41, 5.74) is 7.58. The lowest BCUT2D eigenvalue weighted by Gasteiger charge is -2.08. The van der Waals surface area contributed by atoms with Gasteiger partial charge in [-0.3, -0.25) is 4.79 Å². The van der Waals surface area contributed by atoms with Crippen molar-refractivity contribution in [3.63, 3.8) is 0 Å². The third kappa shape index (κ3) is 2.84. The van der Waals surface area contributed by atoms with Gasteiger partial charge in [-0.15, -0.1) is 0 Å². The van der Waals surface area contributed by atoms with E-state index in [1.54, 1.807) is 36.4 Å². The van der Waals surface area contributed by atoms with Gasteiger partial charge in [0.1, 0.15) is 5.75 Å². The zero-order chi connectivity index (χ0) is 15.7. The van der Waals surface area contributed by atoms with E-state index in [2.05, 4.69) is 10.3 Å². The van der Waals surface area contributed by atoms with Gasteiger partial charge in [-0.2, -0.15) is 0 Å². The number of nitrogens with zero attached hydrogens (tertiary/aromatic N) is 1. The molecule has 7 heteroatoms. The quantitative estimate of drug-likeness (QED) is 0.764. The number of nitrogen functional groups attached to an aromatic ring is 1. The molecule has 0 unspecified atom stereocenters. The molecule has 0 aliphatic heterocycles. The molecule has 0 bridgehead atoms. The van der Waals surface area contributed by atoms with Crippen molar-refractivity contribution in [3.8, 4) is 5.75 Å². The van der Waals surface area contributed by atoms with Crippen molar-refractivity contribution in [1.29, 1.82) is 0 Å². The molecule has 3 N–H and O–H groups in total. The maximum atomic E-state index is 12.3. The van der Waals surface area contributed by atoms with Gasteiger partial charge < -0.3 is 15.8 Å². The van der Waals surface area contributed by atoms with Gasteiger partial charge in [-0.25, -0.2) is 4.98 Å². The average molecular weight is 334 g/mol. The zero-order valence-corrected chi connectivity index (χ0v) is 13.2. The number of nitrogens with two attached hydrogens (primary N) is 1. The lowest BCUT2D eigenvalue weighted by Crippen LogP contribution is -2.11. The maximum Gasteiger partial charge on any atom is 0.255 e. The topological polar surface area (TPSA) is 77.2 Å². The van der Waals surface area contributed by atoms with Crippen LogP contribution in [0.25, 0.3) is 10.2 Å². The van der Waals surface area contributed by atoms with E-state index in [0.717, 1.165) is 10.2 Å². The second kappa shape index (κ2) is 5.82. The van der Waals surface area contributed by atoms with Crippen LogP contribution in [0.15, 0.2) is 36.4 Å². The SMILES string of the molecule is COc1ccc(NC(=O)c2ccc3nc(N)sc3c2)cc1Cl. The summed E-state index contributed by atoms with van der Waals surface area (Å²) in [6, 6.07) is 10.3. The van der Waals surface area contributed by atoms with Crippen LogP contribution in [-0.4, -0.2) is 18.0 Å². The molecule has 0 radical (unpaired) electrons. The molecule has 0 aliphatic carbocycles. The molecule has 0 aliphatic rings. The molecule has 0 saturated carbocycles. The molecule has 1 amide bonds. The number of aromatic nitrogens is 1. The third-order valence-electron chi connectivity index (χ3n) is 3.08. The highest BCUT2D eigenvalue weighted by Crippen LogP contribution is 2.28. The Balaban J connectivity index is 1.84. The Morgan fingerprint density at radius 3 is 2.86 bits per heavy atom. The average Bonchev–Trinajstić information content (AvgIpc) is 2.86. The number of rotatable bonds is 3. The Morgan fingerprint density at radius 2 is 2.14 bits per heavy atom. The Labute approximate surface area is 135 Å². The van der Waals surface area contributed by atoms with E-state index in [-0.39, 0.29) is 5.91 Å². The summed E-state index contributed by atoms with van der Waals surface area (Å²) in [7, 11) is 1.54. The summed E-state index contributed by atoms with van der Waals surface area (Å²) in [5.74, 6) is 0.330. The number of fused-ring (bicyclic) bond motifs is 1. The molecule has 112 valence electrons. The number of hydrogen-bond acceptors (Lipinski definition) is 5. The van der Waals surface area contributed by atoms with Crippen molar-refractivity contribution in [2.24, 2.45) is 0 Å². The Kier molecular flexibility index (Phi) is 3.87. The Morgan fingerprint density at radius 1 is 1.32 bits per heavy atom. The molecule has 3 aromatic rings. The van der Waals surface area contributed by atoms with Gasteiger partial charge in [0, 0.05) is 11.3 Å². The summed E-state index contributed by atoms with van der Waals surface area (Å²) < 4.78 is 5.95. The summed E-state index contributed by atoms with van der Waals surface area (Å²) in [5, 5.41) is 3.71. The first-order valence-corrected chi connectivity index (χ1v) is 7.57. The molecule has 0 saturated heterocycles. The molecule has 22 heavy (non-hydrogen) atoms. The number of methoxy groups -OCH3 is 1. The maximum absolute atomic E-state index is 12.3. The van der Waals surface area contributed by atoms with E-state index < -0.39 is 0 Å². The molecule has 1 aromatic heterocycles. The molecule has 2 aromatic carbocycles. The summed E-state index contributed by atoms with van der Waals surface area (Å²) in [6.07, 6.45) is 0. The minimum Gasteiger partial charge on any atom is -0.495 e. The number of anilines is 2. The largest absolute Gasteiger partial charge is 0.495 e. The van der Waals surface area contributed by atoms with Crippen molar-refractivity contribution in [3.05, 3.63) is 47.0 Å². The first-order chi connectivity index (χ1) is 10.6. The van der Waals surface area contributed by atoms with Crippen LogP contribution in [0.4, 0.5) is 10.8 Å². The summed E-state index contributed by atoms with van der Waals surface area (Å²) in [6.45, 7) is 0. The molecule has 1 heterocycles. The molecule has 0 spiro atoms. The fourth-order valence-electron chi connectivity index (χ4n) is 2.03. The number of halogens is 1. The van der Waals surface area contributed by atoms with Gasteiger partial charge >= 0.3 is 0 Å². The second-order valence-corrected chi connectivity index (χ2v) is 6.01. The van der Waals surface area contributed by atoms with Crippen LogP contribution in [0.1, 0.15) is 10.4 Å². The van der Waals surface area contributed by atoms with Gasteiger partial charge in [-0.05, 0) is 36.4 Å². The fraction of sp³-hybridized carbons (Fsp3) is 0.0667. The summed E-state index contributed by atoms with van der Waals surface area (Å²) >= 11 is 7.39. The van der Waals surface area contributed by atoms with E-state index >= 15 is 0 Å². The molecular weight excluding hydrogens is 322 g/mol. The molecule has 5 nitrogen and oxygen atoms in total. The van der Waals surface area contributed by atoms with E-state index in [9.17, 15) is 4.79 Å². The monoisotopic (exact) mass is 333 g/mol. The number of thiazole rings is 1. The first kappa shape index (κ1) is 14.6. The van der Waals surface area contributed by atoms with Gasteiger partial charge in [-0.1, -0.05) is 22.9 Å². The number of nitrogens with one attached hydrogen (secondary N) is 1. The minimum absolute atomic E-state index is 0.227. The van der Waals surface area contributed by atoms with Gasteiger partial charge in [0.25, 0.3) is 5.91 Å². The van der Waals surface area contributed by atoms with Crippen molar-refractivity contribution in [2.75, 3.05) is 18.2 Å².